The fraction of sp³-hybridized carbons (Fsp3) is 0.154. The normalized spacial score (nSPS) is 13.0. The Morgan fingerprint density at radius 3 is 2.56 bits per heavy atom. The van der Waals surface area contributed by atoms with E-state index in [9.17, 15) is 0 Å². The van der Waals surface area contributed by atoms with Crippen molar-refractivity contribution in [2.45, 2.75) is 26.7 Å². The van der Waals surface area contributed by atoms with E-state index >= 15 is 0 Å². The van der Waals surface area contributed by atoms with Crippen molar-refractivity contribution in [1.82, 2.24) is 0 Å². The molecule has 0 amide bonds. The fourth-order valence-electron chi connectivity index (χ4n) is 4.20. The van der Waals surface area contributed by atoms with E-state index in [1.54, 1.807) is 0 Å². The number of allylic oxidation sites excluding steroid dienone is 1. The molecule has 0 bridgehead atoms. The molecule has 27 heavy (non-hydrogen) atoms. The van der Waals surface area contributed by atoms with Gasteiger partial charge in [0.25, 0.3) is 0 Å². The second kappa shape index (κ2) is 6.28. The lowest BCUT2D eigenvalue weighted by molar-refractivity contribution is 0.557. The van der Waals surface area contributed by atoms with Gasteiger partial charge in [-0.2, -0.15) is 0 Å². The van der Waals surface area contributed by atoms with E-state index in [0.29, 0.717) is 0 Å². The summed E-state index contributed by atoms with van der Waals surface area (Å²) in [6, 6.07) is 21.9. The molecule has 0 unspecified atom stereocenters. The first kappa shape index (κ1) is 16.1. The van der Waals surface area contributed by atoms with Crippen LogP contribution in [0.1, 0.15) is 34.9 Å². The molecule has 132 valence electrons. The summed E-state index contributed by atoms with van der Waals surface area (Å²) in [6.07, 6.45) is 6.17. The molecule has 1 aromatic heterocycles. The van der Waals surface area contributed by atoms with Crippen molar-refractivity contribution in [2.24, 2.45) is 0 Å². The molecule has 0 fully saturated rings. The number of benzene rings is 3. The monoisotopic (exact) mass is 350 g/mol. The van der Waals surface area contributed by atoms with Gasteiger partial charge in [-0.15, -0.1) is 0 Å². The number of hydrogen-bond donors (Lipinski definition) is 0. The summed E-state index contributed by atoms with van der Waals surface area (Å²) in [5.41, 5.74) is 9.39. The molecule has 0 saturated heterocycles. The van der Waals surface area contributed by atoms with Crippen LogP contribution in [0.3, 0.4) is 0 Å². The van der Waals surface area contributed by atoms with Crippen LogP contribution in [0.15, 0.2) is 71.3 Å². The van der Waals surface area contributed by atoms with Gasteiger partial charge in [0.05, 0.1) is 6.26 Å². The van der Waals surface area contributed by atoms with Gasteiger partial charge in [-0.3, -0.25) is 0 Å². The zero-order valence-corrected chi connectivity index (χ0v) is 15.8. The largest absolute Gasteiger partial charge is 0.463 e. The Bertz CT molecular complexity index is 1170. The first-order valence-corrected chi connectivity index (χ1v) is 9.63. The molecular formula is C26H22O. The molecule has 0 aliphatic heterocycles. The zero-order chi connectivity index (χ0) is 18.4. The van der Waals surface area contributed by atoms with Gasteiger partial charge < -0.3 is 4.42 Å². The lowest BCUT2D eigenvalue weighted by Crippen LogP contribution is -1.94. The fourth-order valence-corrected chi connectivity index (χ4v) is 4.20. The Morgan fingerprint density at radius 1 is 0.926 bits per heavy atom. The third-order valence-electron chi connectivity index (χ3n) is 5.64. The molecule has 0 radical (unpaired) electrons. The standard InChI is InChI=1S/C26H22O/c1-3-18-12-13-20-14-22(26-23-7-5-4-6-21(23)16-27-26)15-24(20)25(18)19-10-8-17(2)9-11-19/h4-13,15-16H,3,14H2,1-2H3. The van der Waals surface area contributed by atoms with E-state index in [1.807, 2.05) is 6.26 Å². The van der Waals surface area contributed by atoms with E-state index < -0.39 is 0 Å². The third kappa shape index (κ3) is 2.62. The molecule has 1 heteroatoms. The lowest BCUT2D eigenvalue weighted by Gasteiger charge is -2.13. The molecule has 3 aromatic carbocycles. The first-order chi connectivity index (χ1) is 13.2. The van der Waals surface area contributed by atoms with Crippen LogP contribution in [0.25, 0.3) is 33.5 Å². The molecule has 0 spiro atoms. The molecule has 0 atom stereocenters. The van der Waals surface area contributed by atoms with Crippen molar-refractivity contribution < 1.29 is 4.42 Å². The molecule has 1 nitrogen and oxygen atoms in total. The van der Waals surface area contributed by atoms with Crippen molar-refractivity contribution in [3.8, 4) is 11.1 Å². The van der Waals surface area contributed by atoms with Crippen LogP contribution >= 0.6 is 0 Å². The Labute approximate surface area is 160 Å². The quantitative estimate of drug-likeness (QED) is 0.385. The minimum Gasteiger partial charge on any atom is -0.463 e. The average molecular weight is 350 g/mol. The van der Waals surface area contributed by atoms with Gasteiger partial charge in [0.1, 0.15) is 5.76 Å². The molecule has 1 aliphatic rings. The topological polar surface area (TPSA) is 13.1 Å². The van der Waals surface area contributed by atoms with Crippen LogP contribution in [0.2, 0.25) is 0 Å². The minimum absolute atomic E-state index is 0.926. The van der Waals surface area contributed by atoms with Crippen molar-refractivity contribution >= 4 is 22.4 Å². The van der Waals surface area contributed by atoms with Crippen molar-refractivity contribution in [3.63, 3.8) is 0 Å². The Morgan fingerprint density at radius 2 is 1.74 bits per heavy atom. The maximum Gasteiger partial charge on any atom is 0.138 e. The van der Waals surface area contributed by atoms with Gasteiger partial charge >= 0.3 is 0 Å². The van der Waals surface area contributed by atoms with Gasteiger partial charge in [0.15, 0.2) is 0 Å². The number of furan rings is 1. The zero-order valence-electron chi connectivity index (χ0n) is 15.8. The highest BCUT2D eigenvalue weighted by atomic mass is 16.3. The van der Waals surface area contributed by atoms with Gasteiger partial charge in [0, 0.05) is 22.8 Å². The van der Waals surface area contributed by atoms with Crippen LogP contribution in [-0.2, 0) is 12.8 Å². The van der Waals surface area contributed by atoms with Crippen molar-refractivity contribution in [3.05, 3.63) is 94.9 Å². The van der Waals surface area contributed by atoms with Gasteiger partial charge in [0.2, 0.25) is 0 Å². The van der Waals surface area contributed by atoms with E-state index in [2.05, 4.69) is 80.6 Å². The minimum atomic E-state index is 0.926. The summed E-state index contributed by atoms with van der Waals surface area (Å²) < 4.78 is 5.98. The maximum atomic E-state index is 5.98. The molecule has 1 aliphatic carbocycles. The number of fused-ring (bicyclic) bond motifs is 2. The lowest BCUT2D eigenvalue weighted by atomic mass is 9.91. The third-order valence-corrected chi connectivity index (χ3v) is 5.64. The summed E-state index contributed by atoms with van der Waals surface area (Å²) in [4.78, 5) is 0. The smallest absolute Gasteiger partial charge is 0.138 e. The van der Waals surface area contributed by atoms with Crippen LogP contribution < -0.4 is 0 Å². The SMILES string of the molecule is CCc1ccc2c(c1-c1ccc(C)cc1)C=C(c1occ3ccccc13)C2. The summed E-state index contributed by atoms with van der Waals surface area (Å²) in [5.74, 6) is 1.01. The van der Waals surface area contributed by atoms with Crippen LogP contribution in [0.4, 0.5) is 0 Å². The average Bonchev–Trinajstić information content (AvgIpc) is 3.31. The van der Waals surface area contributed by atoms with E-state index in [0.717, 1.165) is 24.0 Å². The predicted octanol–water partition coefficient (Wildman–Crippen LogP) is 7.07. The predicted molar refractivity (Wildman–Crippen MR) is 114 cm³/mol. The molecule has 0 saturated carbocycles. The number of rotatable bonds is 3. The highest BCUT2D eigenvalue weighted by Crippen LogP contribution is 2.41. The van der Waals surface area contributed by atoms with Gasteiger partial charge in [-0.25, -0.2) is 0 Å². The molecule has 4 aromatic rings. The first-order valence-electron chi connectivity index (χ1n) is 9.63. The van der Waals surface area contributed by atoms with E-state index in [-0.39, 0.29) is 0 Å². The second-order valence-electron chi connectivity index (χ2n) is 7.39. The van der Waals surface area contributed by atoms with Crippen LogP contribution in [0, 0.1) is 6.92 Å². The summed E-state index contributed by atoms with van der Waals surface area (Å²) in [5, 5.41) is 2.36. The Kier molecular flexibility index (Phi) is 3.75. The van der Waals surface area contributed by atoms with Crippen LogP contribution in [-0.4, -0.2) is 0 Å². The molecule has 1 heterocycles. The Balaban J connectivity index is 1.69. The summed E-state index contributed by atoms with van der Waals surface area (Å²) in [6.45, 7) is 4.37. The maximum absolute atomic E-state index is 5.98. The second-order valence-corrected chi connectivity index (χ2v) is 7.39. The number of hydrogen-bond acceptors (Lipinski definition) is 1. The molecule has 5 rings (SSSR count). The molecule has 0 N–H and O–H groups in total. The summed E-state index contributed by atoms with van der Waals surface area (Å²) in [7, 11) is 0. The summed E-state index contributed by atoms with van der Waals surface area (Å²) >= 11 is 0. The Hall–Kier alpha value is -3.06. The van der Waals surface area contributed by atoms with Gasteiger partial charge in [-0.05, 0) is 47.2 Å². The van der Waals surface area contributed by atoms with Gasteiger partial charge in [-0.1, -0.05) is 73.2 Å². The van der Waals surface area contributed by atoms with Crippen LogP contribution in [0.5, 0.6) is 0 Å². The molecular weight excluding hydrogens is 328 g/mol. The highest BCUT2D eigenvalue weighted by molar-refractivity contribution is 6.00. The highest BCUT2D eigenvalue weighted by Gasteiger charge is 2.22. The number of aryl methyl sites for hydroxylation is 2. The van der Waals surface area contributed by atoms with E-state index in [4.69, 9.17) is 4.42 Å². The van der Waals surface area contributed by atoms with Crippen molar-refractivity contribution in [2.75, 3.05) is 0 Å². The van der Waals surface area contributed by atoms with Crippen molar-refractivity contribution in [1.29, 1.82) is 0 Å². The van der Waals surface area contributed by atoms with E-state index in [1.165, 1.54) is 44.3 Å².